The number of nitrogens with one attached hydrogen (secondary N) is 1. The van der Waals surface area contributed by atoms with Crippen molar-refractivity contribution in [1.82, 2.24) is 0 Å². The Morgan fingerprint density at radius 2 is 1.63 bits per heavy atom. The van der Waals surface area contributed by atoms with E-state index in [1.807, 2.05) is 54.6 Å². The molecular formula is C16H16N2O. The highest BCUT2D eigenvalue weighted by atomic mass is 16.2. The van der Waals surface area contributed by atoms with Crippen molar-refractivity contribution in [2.45, 2.75) is 18.3 Å². The molecule has 3 N–H and O–H groups in total. The maximum Gasteiger partial charge on any atom is 0.235 e. The van der Waals surface area contributed by atoms with Crippen molar-refractivity contribution in [1.29, 1.82) is 0 Å². The van der Waals surface area contributed by atoms with E-state index in [4.69, 9.17) is 5.73 Å². The molecule has 1 saturated carbocycles. The van der Waals surface area contributed by atoms with Crippen molar-refractivity contribution in [2.75, 3.05) is 11.1 Å². The van der Waals surface area contributed by atoms with E-state index in [1.54, 1.807) is 0 Å². The van der Waals surface area contributed by atoms with E-state index in [0.29, 0.717) is 0 Å². The second-order valence-electron chi connectivity index (χ2n) is 5.02. The zero-order valence-electron chi connectivity index (χ0n) is 10.6. The lowest BCUT2D eigenvalue weighted by atomic mass is 9.94. The van der Waals surface area contributed by atoms with Crippen molar-refractivity contribution >= 4 is 17.3 Å². The van der Waals surface area contributed by atoms with E-state index < -0.39 is 0 Å². The predicted molar refractivity (Wildman–Crippen MR) is 76.8 cm³/mol. The third-order valence-electron chi connectivity index (χ3n) is 3.68. The summed E-state index contributed by atoms with van der Waals surface area (Å²) in [5, 5.41) is 2.99. The first-order valence-electron chi connectivity index (χ1n) is 6.43. The molecule has 1 aliphatic carbocycles. The molecule has 0 aromatic heterocycles. The van der Waals surface area contributed by atoms with E-state index in [9.17, 15) is 4.79 Å². The molecule has 3 heteroatoms. The fourth-order valence-corrected chi connectivity index (χ4v) is 2.35. The summed E-state index contributed by atoms with van der Waals surface area (Å²) in [6, 6.07) is 17.2. The Bertz CT molecular complexity index is 586. The van der Waals surface area contributed by atoms with Crippen LogP contribution in [0.1, 0.15) is 18.4 Å². The van der Waals surface area contributed by atoms with Gasteiger partial charge in [0.05, 0.1) is 5.41 Å². The number of carbonyl (C=O) groups is 1. The monoisotopic (exact) mass is 252 g/mol. The average Bonchev–Trinajstić information content (AvgIpc) is 3.22. The van der Waals surface area contributed by atoms with Crippen LogP contribution >= 0.6 is 0 Å². The molecule has 0 saturated heterocycles. The largest absolute Gasteiger partial charge is 0.399 e. The van der Waals surface area contributed by atoms with Crippen LogP contribution in [0.15, 0.2) is 54.6 Å². The van der Waals surface area contributed by atoms with Gasteiger partial charge in [0.1, 0.15) is 0 Å². The van der Waals surface area contributed by atoms with Crippen LogP contribution in [-0.2, 0) is 10.2 Å². The van der Waals surface area contributed by atoms with Crippen molar-refractivity contribution in [3.63, 3.8) is 0 Å². The first-order valence-corrected chi connectivity index (χ1v) is 6.43. The van der Waals surface area contributed by atoms with Crippen LogP contribution in [0, 0.1) is 0 Å². The van der Waals surface area contributed by atoms with Gasteiger partial charge in [-0.05, 0) is 42.7 Å². The standard InChI is InChI=1S/C16H16N2O/c17-13-8-6-12(7-9-13)16(10-11-16)15(19)18-14-4-2-1-3-5-14/h1-9H,10-11,17H2,(H,18,19). The van der Waals surface area contributed by atoms with Gasteiger partial charge in [0.15, 0.2) is 0 Å². The van der Waals surface area contributed by atoms with Gasteiger partial charge in [-0.25, -0.2) is 0 Å². The summed E-state index contributed by atoms with van der Waals surface area (Å²) in [4.78, 5) is 12.4. The number of anilines is 2. The molecule has 3 rings (SSSR count). The quantitative estimate of drug-likeness (QED) is 0.825. The molecule has 1 aliphatic rings. The molecule has 2 aromatic rings. The highest BCUT2D eigenvalue weighted by molar-refractivity contribution is 6.01. The second kappa shape index (κ2) is 4.43. The van der Waals surface area contributed by atoms with Gasteiger partial charge in [-0.2, -0.15) is 0 Å². The number of benzene rings is 2. The Labute approximate surface area is 112 Å². The lowest BCUT2D eigenvalue weighted by Crippen LogP contribution is -2.27. The summed E-state index contributed by atoms with van der Waals surface area (Å²) in [5.74, 6) is 0.0727. The molecule has 0 aliphatic heterocycles. The Morgan fingerprint density at radius 1 is 1.00 bits per heavy atom. The smallest absolute Gasteiger partial charge is 0.235 e. The maximum atomic E-state index is 12.4. The molecule has 96 valence electrons. The van der Waals surface area contributed by atoms with Crippen LogP contribution in [0.25, 0.3) is 0 Å². The third kappa shape index (κ3) is 2.19. The zero-order chi connectivity index (χ0) is 13.3. The van der Waals surface area contributed by atoms with Gasteiger partial charge in [0.25, 0.3) is 0 Å². The second-order valence-corrected chi connectivity index (χ2v) is 5.02. The zero-order valence-corrected chi connectivity index (χ0v) is 10.6. The molecule has 0 heterocycles. The van der Waals surface area contributed by atoms with E-state index >= 15 is 0 Å². The van der Waals surface area contributed by atoms with Crippen LogP contribution in [0.5, 0.6) is 0 Å². The van der Waals surface area contributed by atoms with Gasteiger partial charge in [-0.1, -0.05) is 30.3 Å². The summed E-state index contributed by atoms with van der Waals surface area (Å²) in [5.41, 5.74) is 7.95. The molecule has 0 unspecified atom stereocenters. The van der Waals surface area contributed by atoms with Gasteiger partial charge in [0.2, 0.25) is 5.91 Å². The van der Waals surface area contributed by atoms with E-state index in [-0.39, 0.29) is 11.3 Å². The molecule has 3 nitrogen and oxygen atoms in total. The van der Waals surface area contributed by atoms with E-state index in [0.717, 1.165) is 29.8 Å². The van der Waals surface area contributed by atoms with Crippen molar-refractivity contribution in [3.05, 3.63) is 60.2 Å². The Kier molecular flexibility index (Phi) is 2.75. The maximum absolute atomic E-state index is 12.4. The minimum Gasteiger partial charge on any atom is -0.399 e. The van der Waals surface area contributed by atoms with Crippen LogP contribution < -0.4 is 11.1 Å². The normalized spacial score (nSPS) is 15.8. The van der Waals surface area contributed by atoms with E-state index in [1.165, 1.54) is 0 Å². The average molecular weight is 252 g/mol. The Hall–Kier alpha value is -2.29. The SMILES string of the molecule is Nc1ccc(C2(C(=O)Nc3ccccc3)CC2)cc1. The number of amides is 1. The molecular weight excluding hydrogens is 236 g/mol. The van der Waals surface area contributed by atoms with Crippen molar-refractivity contribution in [2.24, 2.45) is 0 Å². The number of nitrogens with two attached hydrogens (primary N) is 1. The molecule has 0 atom stereocenters. The molecule has 0 spiro atoms. The fourth-order valence-electron chi connectivity index (χ4n) is 2.35. The third-order valence-corrected chi connectivity index (χ3v) is 3.68. The summed E-state index contributed by atoms with van der Waals surface area (Å²) in [6.07, 6.45) is 1.80. The first kappa shape index (κ1) is 11.8. The number of carbonyl (C=O) groups excluding carboxylic acids is 1. The Morgan fingerprint density at radius 3 is 2.21 bits per heavy atom. The lowest BCUT2D eigenvalue weighted by Gasteiger charge is -2.16. The molecule has 0 radical (unpaired) electrons. The number of para-hydroxylation sites is 1. The van der Waals surface area contributed by atoms with E-state index in [2.05, 4.69) is 5.32 Å². The van der Waals surface area contributed by atoms with Crippen molar-refractivity contribution < 1.29 is 4.79 Å². The van der Waals surface area contributed by atoms with Crippen LogP contribution in [-0.4, -0.2) is 5.91 Å². The molecule has 19 heavy (non-hydrogen) atoms. The van der Waals surface area contributed by atoms with Crippen LogP contribution in [0.4, 0.5) is 11.4 Å². The summed E-state index contributed by atoms with van der Waals surface area (Å²) >= 11 is 0. The first-order chi connectivity index (χ1) is 9.21. The van der Waals surface area contributed by atoms with Crippen LogP contribution in [0.2, 0.25) is 0 Å². The topological polar surface area (TPSA) is 55.1 Å². The summed E-state index contributed by atoms with van der Waals surface area (Å²) in [7, 11) is 0. The van der Waals surface area contributed by atoms with Gasteiger partial charge in [-0.15, -0.1) is 0 Å². The minimum atomic E-state index is -0.358. The summed E-state index contributed by atoms with van der Waals surface area (Å²) in [6.45, 7) is 0. The van der Waals surface area contributed by atoms with Gasteiger partial charge in [-0.3, -0.25) is 4.79 Å². The fraction of sp³-hybridized carbons (Fsp3) is 0.188. The van der Waals surface area contributed by atoms with Gasteiger partial charge >= 0.3 is 0 Å². The lowest BCUT2D eigenvalue weighted by molar-refractivity contribution is -0.118. The molecule has 1 amide bonds. The predicted octanol–water partition coefficient (Wildman–Crippen LogP) is 2.94. The number of hydrogen-bond donors (Lipinski definition) is 2. The van der Waals surface area contributed by atoms with Gasteiger partial charge < -0.3 is 11.1 Å². The van der Waals surface area contributed by atoms with Crippen LogP contribution in [0.3, 0.4) is 0 Å². The highest BCUT2D eigenvalue weighted by Gasteiger charge is 2.51. The molecule has 1 fully saturated rings. The Balaban J connectivity index is 1.81. The molecule has 0 bridgehead atoms. The minimum absolute atomic E-state index is 0.0727. The number of nitrogen functional groups attached to an aromatic ring is 1. The summed E-state index contributed by atoms with van der Waals surface area (Å²) < 4.78 is 0. The highest BCUT2D eigenvalue weighted by Crippen LogP contribution is 2.49. The number of hydrogen-bond acceptors (Lipinski definition) is 2. The van der Waals surface area contributed by atoms with Crippen molar-refractivity contribution in [3.8, 4) is 0 Å². The van der Waals surface area contributed by atoms with Gasteiger partial charge in [0, 0.05) is 11.4 Å². The molecule has 2 aromatic carbocycles. The number of rotatable bonds is 3.